The Hall–Kier alpha value is -2.15. The van der Waals surface area contributed by atoms with Gasteiger partial charge < -0.3 is 15.2 Å². The van der Waals surface area contributed by atoms with E-state index in [1.54, 1.807) is 19.3 Å². The average molecular weight is 348 g/mol. The second-order valence-electron chi connectivity index (χ2n) is 5.73. The Morgan fingerprint density at radius 2 is 2.21 bits per heavy atom. The fraction of sp³-hybridized carbons (Fsp3) is 0.500. The first kappa shape index (κ1) is 16.7. The number of nitrogens with zero attached hydrogens (tertiary/aromatic N) is 5. The highest BCUT2D eigenvalue weighted by atomic mass is 35.5. The number of rotatable bonds is 5. The smallest absolute Gasteiger partial charge is 0.191 e. The Morgan fingerprint density at radius 3 is 3.00 bits per heavy atom. The Balaban J connectivity index is 1.47. The lowest BCUT2D eigenvalue weighted by atomic mass is 10.2. The van der Waals surface area contributed by atoms with E-state index >= 15 is 0 Å². The quantitative estimate of drug-likeness (QED) is 0.487. The number of nitrogens with one attached hydrogen (secondary N) is 2. The summed E-state index contributed by atoms with van der Waals surface area (Å²) < 4.78 is 2.21. The van der Waals surface area contributed by atoms with Crippen LogP contribution in [0.5, 0.6) is 0 Å². The van der Waals surface area contributed by atoms with Crippen molar-refractivity contribution in [2.45, 2.75) is 38.8 Å². The molecule has 0 aliphatic carbocycles. The van der Waals surface area contributed by atoms with Gasteiger partial charge in [0, 0.05) is 32.8 Å². The molecule has 0 bridgehead atoms. The predicted molar refractivity (Wildman–Crippen MR) is 94.1 cm³/mol. The summed E-state index contributed by atoms with van der Waals surface area (Å²) in [6.45, 7) is 2.39. The van der Waals surface area contributed by atoms with E-state index in [4.69, 9.17) is 11.6 Å². The largest absolute Gasteiger partial charge is 0.356 e. The standard InChI is InChI=1S/C16H22ClN7/c1-18-16(19-8-7-12-5-6-13(17)20-10-12)21-11-15-23-22-14-4-2-3-9-24(14)15/h5-6,10H,2-4,7-9,11H2,1H3,(H2,18,19,21). The lowest BCUT2D eigenvalue weighted by molar-refractivity contribution is 0.504. The lowest BCUT2D eigenvalue weighted by Gasteiger charge is -2.16. The van der Waals surface area contributed by atoms with E-state index in [2.05, 4.69) is 35.4 Å². The normalized spacial score (nSPS) is 14.3. The first-order valence-electron chi connectivity index (χ1n) is 8.22. The molecule has 1 aliphatic rings. The van der Waals surface area contributed by atoms with E-state index in [9.17, 15) is 0 Å². The Morgan fingerprint density at radius 1 is 1.29 bits per heavy atom. The third-order valence-electron chi connectivity index (χ3n) is 4.07. The minimum Gasteiger partial charge on any atom is -0.356 e. The summed E-state index contributed by atoms with van der Waals surface area (Å²) in [6.07, 6.45) is 6.07. The number of pyridine rings is 1. The summed E-state index contributed by atoms with van der Waals surface area (Å²) in [5, 5.41) is 15.7. The second kappa shape index (κ2) is 8.10. The van der Waals surface area contributed by atoms with Gasteiger partial charge in [0.05, 0.1) is 6.54 Å². The molecule has 7 nitrogen and oxygen atoms in total. The van der Waals surface area contributed by atoms with Crippen molar-refractivity contribution in [3.05, 3.63) is 40.7 Å². The van der Waals surface area contributed by atoms with Crippen LogP contribution in [0.4, 0.5) is 0 Å². The Labute approximate surface area is 146 Å². The number of guanidine groups is 1. The zero-order valence-corrected chi connectivity index (χ0v) is 14.6. The van der Waals surface area contributed by atoms with Crippen molar-refractivity contribution in [2.75, 3.05) is 13.6 Å². The van der Waals surface area contributed by atoms with Crippen LogP contribution >= 0.6 is 11.6 Å². The molecule has 0 atom stereocenters. The zero-order valence-electron chi connectivity index (χ0n) is 13.8. The molecule has 0 unspecified atom stereocenters. The molecule has 3 heterocycles. The van der Waals surface area contributed by atoms with Gasteiger partial charge in [0.2, 0.25) is 0 Å². The minimum absolute atomic E-state index is 0.515. The van der Waals surface area contributed by atoms with Gasteiger partial charge in [-0.05, 0) is 30.9 Å². The minimum atomic E-state index is 0.515. The van der Waals surface area contributed by atoms with Gasteiger partial charge in [-0.3, -0.25) is 4.99 Å². The lowest BCUT2D eigenvalue weighted by Crippen LogP contribution is -2.38. The van der Waals surface area contributed by atoms with Crippen LogP contribution in [-0.4, -0.2) is 39.3 Å². The molecule has 0 amide bonds. The number of hydrogen-bond acceptors (Lipinski definition) is 4. The molecule has 2 aromatic heterocycles. The number of aliphatic imine (C=N–C) groups is 1. The zero-order chi connectivity index (χ0) is 16.8. The van der Waals surface area contributed by atoms with Crippen LogP contribution in [0.3, 0.4) is 0 Å². The molecular formula is C16H22ClN7. The summed E-state index contributed by atoms with van der Waals surface area (Å²) in [7, 11) is 1.76. The molecule has 1 aliphatic heterocycles. The average Bonchev–Trinajstić information content (AvgIpc) is 3.03. The third kappa shape index (κ3) is 4.23. The molecule has 0 spiro atoms. The highest BCUT2D eigenvalue weighted by molar-refractivity contribution is 6.29. The summed E-state index contributed by atoms with van der Waals surface area (Å²) in [5.74, 6) is 2.82. The van der Waals surface area contributed by atoms with E-state index in [-0.39, 0.29) is 0 Å². The van der Waals surface area contributed by atoms with Crippen molar-refractivity contribution in [3.8, 4) is 0 Å². The number of aryl methyl sites for hydroxylation is 1. The second-order valence-corrected chi connectivity index (χ2v) is 6.12. The Kier molecular flexibility index (Phi) is 5.63. The number of halogens is 1. The van der Waals surface area contributed by atoms with Crippen LogP contribution in [0.25, 0.3) is 0 Å². The van der Waals surface area contributed by atoms with Gasteiger partial charge in [0.15, 0.2) is 11.8 Å². The molecule has 0 saturated heterocycles. The summed E-state index contributed by atoms with van der Waals surface area (Å²) in [6, 6.07) is 3.79. The van der Waals surface area contributed by atoms with E-state index in [1.807, 2.05) is 6.07 Å². The molecule has 24 heavy (non-hydrogen) atoms. The maximum Gasteiger partial charge on any atom is 0.191 e. The van der Waals surface area contributed by atoms with E-state index in [0.717, 1.165) is 49.1 Å². The molecule has 0 radical (unpaired) electrons. The van der Waals surface area contributed by atoms with Crippen molar-refractivity contribution < 1.29 is 0 Å². The molecule has 0 aromatic carbocycles. The first-order chi connectivity index (χ1) is 11.8. The molecule has 3 rings (SSSR count). The van der Waals surface area contributed by atoms with Crippen LogP contribution < -0.4 is 10.6 Å². The number of aromatic nitrogens is 4. The summed E-state index contributed by atoms with van der Waals surface area (Å²) in [4.78, 5) is 8.33. The summed E-state index contributed by atoms with van der Waals surface area (Å²) in [5.41, 5.74) is 1.13. The molecule has 0 fully saturated rings. The van der Waals surface area contributed by atoms with Gasteiger partial charge in [0.25, 0.3) is 0 Å². The van der Waals surface area contributed by atoms with Gasteiger partial charge in [-0.2, -0.15) is 0 Å². The van der Waals surface area contributed by atoms with Crippen molar-refractivity contribution >= 4 is 17.6 Å². The SMILES string of the molecule is CN=C(NCCc1ccc(Cl)nc1)NCc1nnc2n1CCCC2. The number of hydrogen-bond donors (Lipinski definition) is 2. The van der Waals surface area contributed by atoms with E-state index in [0.29, 0.717) is 11.7 Å². The third-order valence-corrected chi connectivity index (χ3v) is 4.29. The summed E-state index contributed by atoms with van der Waals surface area (Å²) >= 11 is 5.79. The van der Waals surface area contributed by atoms with Crippen LogP contribution in [0.1, 0.15) is 30.1 Å². The van der Waals surface area contributed by atoms with E-state index in [1.165, 1.54) is 12.8 Å². The van der Waals surface area contributed by atoms with Gasteiger partial charge in [0.1, 0.15) is 11.0 Å². The van der Waals surface area contributed by atoms with E-state index < -0.39 is 0 Å². The fourth-order valence-corrected chi connectivity index (χ4v) is 2.87. The highest BCUT2D eigenvalue weighted by Gasteiger charge is 2.15. The van der Waals surface area contributed by atoms with Crippen LogP contribution in [0.15, 0.2) is 23.3 Å². The highest BCUT2D eigenvalue weighted by Crippen LogP contribution is 2.13. The van der Waals surface area contributed by atoms with Crippen molar-refractivity contribution in [1.29, 1.82) is 0 Å². The fourth-order valence-electron chi connectivity index (χ4n) is 2.76. The van der Waals surface area contributed by atoms with Crippen molar-refractivity contribution in [1.82, 2.24) is 30.4 Å². The van der Waals surface area contributed by atoms with Crippen LogP contribution in [0.2, 0.25) is 5.15 Å². The predicted octanol–water partition coefficient (Wildman–Crippen LogP) is 1.57. The van der Waals surface area contributed by atoms with Gasteiger partial charge >= 0.3 is 0 Å². The maximum atomic E-state index is 5.79. The van der Waals surface area contributed by atoms with Crippen LogP contribution in [-0.2, 0) is 25.9 Å². The topological polar surface area (TPSA) is 80.0 Å². The molecule has 0 saturated carbocycles. The molecule has 8 heteroatoms. The molecule has 2 aromatic rings. The monoisotopic (exact) mass is 347 g/mol. The first-order valence-corrected chi connectivity index (χ1v) is 8.60. The van der Waals surface area contributed by atoms with Gasteiger partial charge in [-0.15, -0.1) is 10.2 Å². The molecule has 2 N–H and O–H groups in total. The Bertz CT molecular complexity index is 693. The molecule has 128 valence electrons. The van der Waals surface area contributed by atoms with Gasteiger partial charge in [-0.25, -0.2) is 4.98 Å². The van der Waals surface area contributed by atoms with Crippen molar-refractivity contribution in [2.24, 2.45) is 4.99 Å². The van der Waals surface area contributed by atoms with Gasteiger partial charge in [-0.1, -0.05) is 17.7 Å². The molecular weight excluding hydrogens is 326 g/mol. The maximum absolute atomic E-state index is 5.79. The van der Waals surface area contributed by atoms with Crippen LogP contribution in [0, 0.1) is 0 Å². The van der Waals surface area contributed by atoms with Crippen molar-refractivity contribution in [3.63, 3.8) is 0 Å². The number of fused-ring (bicyclic) bond motifs is 1.